The largest absolute Gasteiger partial charge is 0.382 e. The van der Waals surface area contributed by atoms with Crippen LogP contribution >= 0.6 is 11.3 Å². The number of amides is 1. The molecule has 6 heteroatoms. The van der Waals surface area contributed by atoms with Gasteiger partial charge in [-0.1, -0.05) is 31.6 Å². The minimum Gasteiger partial charge on any atom is -0.382 e. The first-order chi connectivity index (χ1) is 8.49. The number of carbonyl (C=O) groups is 1. The molecule has 0 bridgehead atoms. The Labute approximate surface area is 112 Å². The molecule has 0 aliphatic heterocycles. The van der Waals surface area contributed by atoms with Crippen molar-refractivity contribution in [3.63, 3.8) is 0 Å². The molecule has 0 saturated heterocycles. The zero-order chi connectivity index (χ0) is 13.7. The summed E-state index contributed by atoms with van der Waals surface area (Å²) in [6, 6.07) is 0.215. The van der Waals surface area contributed by atoms with E-state index in [1.54, 1.807) is 0 Å². The second-order valence-corrected chi connectivity index (χ2v) is 5.45. The molecule has 1 heterocycles. The third-order valence-corrected chi connectivity index (χ3v) is 3.93. The highest BCUT2D eigenvalue weighted by atomic mass is 32.1. The van der Waals surface area contributed by atoms with Gasteiger partial charge >= 0.3 is 0 Å². The van der Waals surface area contributed by atoms with Crippen LogP contribution in [0.4, 0.5) is 10.9 Å². The molecule has 1 amide bonds. The van der Waals surface area contributed by atoms with Crippen LogP contribution in [0.15, 0.2) is 0 Å². The van der Waals surface area contributed by atoms with Crippen LogP contribution in [-0.2, 0) is 0 Å². The molecule has 1 unspecified atom stereocenters. The normalized spacial score (nSPS) is 12.2. The van der Waals surface area contributed by atoms with E-state index in [0.29, 0.717) is 10.7 Å². The van der Waals surface area contributed by atoms with E-state index in [2.05, 4.69) is 24.1 Å². The van der Waals surface area contributed by atoms with E-state index >= 15 is 0 Å². The first-order valence-corrected chi connectivity index (χ1v) is 7.05. The number of nitrogens with zero attached hydrogens (tertiary/aromatic N) is 2. The first-order valence-electron chi connectivity index (χ1n) is 6.24. The summed E-state index contributed by atoms with van der Waals surface area (Å²) in [7, 11) is 3.76. The van der Waals surface area contributed by atoms with Gasteiger partial charge in [-0.3, -0.25) is 4.79 Å². The minimum absolute atomic E-state index is 0.113. The van der Waals surface area contributed by atoms with Gasteiger partial charge in [0.05, 0.1) is 0 Å². The number of nitrogens with one attached hydrogen (secondary N) is 1. The van der Waals surface area contributed by atoms with Gasteiger partial charge < -0.3 is 16.0 Å². The number of aromatic nitrogens is 1. The molecule has 18 heavy (non-hydrogen) atoms. The summed E-state index contributed by atoms with van der Waals surface area (Å²) < 4.78 is 0. The van der Waals surface area contributed by atoms with E-state index in [1.807, 2.05) is 19.0 Å². The Bertz CT molecular complexity index is 403. The number of rotatable bonds is 6. The number of anilines is 2. The fourth-order valence-electron chi connectivity index (χ4n) is 1.65. The van der Waals surface area contributed by atoms with Crippen LogP contribution in [0.3, 0.4) is 0 Å². The predicted octanol–water partition coefficient (Wildman–Crippen LogP) is 2.10. The van der Waals surface area contributed by atoms with Crippen molar-refractivity contribution in [3.8, 4) is 0 Å². The van der Waals surface area contributed by atoms with E-state index in [9.17, 15) is 4.79 Å². The Kier molecular flexibility index (Phi) is 5.40. The molecule has 1 aromatic heterocycles. The molecule has 1 atom stereocenters. The van der Waals surface area contributed by atoms with E-state index in [1.165, 1.54) is 11.3 Å². The average Bonchev–Trinajstić information content (AvgIpc) is 2.71. The fraction of sp³-hybridized carbons (Fsp3) is 0.667. The zero-order valence-electron chi connectivity index (χ0n) is 11.5. The number of carbonyl (C=O) groups excluding carboxylic acids is 1. The number of nitrogen functional groups attached to an aromatic ring is 1. The van der Waals surface area contributed by atoms with E-state index in [4.69, 9.17) is 5.73 Å². The third-order valence-electron chi connectivity index (χ3n) is 2.70. The Balaban J connectivity index is 2.77. The minimum atomic E-state index is -0.113. The first kappa shape index (κ1) is 14.8. The van der Waals surface area contributed by atoms with Crippen LogP contribution in [0.2, 0.25) is 0 Å². The molecule has 0 aromatic carbocycles. The molecule has 102 valence electrons. The molecule has 1 aromatic rings. The third kappa shape index (κ3) is 3.60. The van der Waals surface area contributed by atoms with Gasteiger partial charge in [0.1, 0.15) is 10.7 Å². The van der Waals surface area contributed by atoms with Gasteiger partial charge in [-0.05, 0) is 12.8 Å². The standard InChI is InChI=1S/C12H22N4OS/c1-5-7-8(6-2)14-11(17)9-10(13)15-12(18-9)16(3)4/h8H,5-7,13H2,1-4H3,(H,14,17). The highest BCUT2D eigenvalue weighted by molar-refractivity contribution is 7.18. The summed E-state index contributed by atoms with van der Waals surface area (Å²) in [5.41, 5.74) is 5.78. The van der Waals surface area contributed by atoms with Crippen molar-refractivity contribution >= 4 is 28.2 Å². The maximum Gasteiger partial charge on any atom is 0.265 e. The molecule has 0 spiro atoms. The highest BCUT2D eigenvalue weighted by Crippen LogP contribution is 2.26. The van der Waals surface area contributed by atoms with Crippen molar-refractivity contribution in [2.24, 2.45) is 0 Å². The predicted molar refractivity (Wildman–Crippen MR) is 77.3 cm³/mol. The van der Waals surface area contributed by atoms with E-state index in [0.717, 1.165) is 24.4 Å². The highest BCUT2D eigenvalue weighted by Gasteiger charge is 2.19. The van der Waals surface area contributed by atoms with E-state index in [-0.39, 0.29) is 11.9 Å². The Morgan fingerprint density at radius 1 is 1.50 bits per heavy atom. The van der Waals surface area contributed by atoms with Crippen LogP contribution in [-0.4, -0.2) is 31.0 Å². The van der Waals surface area contributed by atoms with Gasteiger partial charge in [-0.15, -0.1) is 0 Å². The van der Waals surface area contributed by atoms with Crippen molar-refractivity contribution in [2.45, 2.75) is 39.2 Å². The van der Waals surface area contributed by atoms with Crippen molar-refractivity contribution in [3.05, 3.63) is 4.88 Å². The maximum absolute atomic E-state index is 12.1. The van der Waals surface area contributed by atoms with Gasteiger partial charge in [-0.25, -0.2) is 4.98 Å². The molecular formula is C12H22N4OS. The lowest BCUT2D eigenvalue weighted by Crippen LogP contribution is -2.34. The van der Waals surface area contributed by atoms with Crippen LogP contribution in [0.1, 0.15) is 42.8 Å². The average molecular weight is 270 g/mol. The van der Waals surface area contributed by atoms with Crippen LogP contribution in [0.25, 0.3) is 0 Å². The summed E-state index contributed by atoms with van der Waals surface area (Å²) in [4.78, 5) is 18.6. The lowest BCUT2D eigenvalue weighted by atomic mass is 10.1. The molecule has 0 aliphatic rings. The molecular weight excluding hydrogens is 248 g/mol. The summed E-state index contributed by atoms with van der Waals surface area (Å²) in [5.74, 6) is 0.200. The fourth-order valence-corrected chi connectivity index (χ4v) is 2.46. The van der Waals surface area contributed by atoms with Gasteiger partial charge in [0.15, 0.2) is 5.13 Å². The smallest absolute Gasteiger partial charge is 0.265 e. The van der Waals surface area contributed by atoms with Crippen LogP contribution < -0.4 is 16.0 Å². The SMILES string of the molecule is CCCC(CC)NC(=O)c1sc(N(C)C)nc1N. The summed E-state index contributed by atoms with van der Waals surface area (Å²) in [6.07, 6.45) is 2.97. The van der Waals surface area contributed by atoms with Crippen LogP contribution in [0, 0.1) is 0 Å². The lowest BCUT2D eigenvalue weighted by molar-refractivity contribution is 0.0938. The lowest BCUT2D eigenvalue weighted by Gasteiger charge is -2.15. The second-order valence-electron chi connectivity index (χ2n) is 4.47. The van der Waals surface area contributed by atoms with Crippen molar-refractivity contribution in [1.29, 1.82) is 0 Å². The number of thiazole rings is 1. The molecule has 5 nitrogen and oxygen atoms in total. The summed E-state index contributed by atoms with van der Waals surface area (Å²) in [5, 5.41) is 3.76. The second kappa shape index (κ2) is 6.58. The van der Waals surface area contributed by atoms with E-state index < -0.39 is 0 Å². The Morgan fingerprint density at radius 3 is 2.61 bits per heavy atom. The number of hydrogen-bond donors (Lipinski definition) is 2. The van der Waals surface area contributed by atoms with Gasteiger partial charge in [-0.2, -0.15) is 0 Å². The van der Waals surface area contributed by atoms with Crippen LogP contribution in [0.5, 0.6) is 0 Å². The molecule has 0 fully saturated rings. The van der Waals surface area contributed by atoms with Crippen molar-refractivity contribution < 1.29 is 4.79 Å². The monoisotopic (exact) mass is 270 g/mol. The van der Waals surface area contributed by atoms with Crippen molar-refractivity contribution in [1.82, 2.24) is 10.3 Å². The number of nitrogens with two attached hydrogens (primary N) is 1. The maximum atomic E-state index is 12.1. The Morgan fingerprint density at radius 2 is 2.17 bits per heavy atom. The van der Waals surface area contributed by atoms with Gasteiger partial charge in [0.25, 0.3) is 5.91 Å². The topological polar surface area (TPSA) is 71.2 Å². The quantitative estimate of drug-likeness (QED) is 0.830. The molecule has 0 radical (unpaired) electrons. The molecule has 3 N–H and O–H groups in total. The summed E-state index contributed by atoms with van der Waals surface area (Å²) in [6.45, 7) is 4.18. The summed E-state index contributed by atoms with van der Waals surface area (Å²) >= 11 is 1.32. The molecule has 1 rings (SSSR count). The van der Waals surface area contributed by atoms with Gasteiger partial charge in [0, 0.05) is 20.1 Å². The number of hydrogen-bond acceptors (Lipinski definition) is 5. The zero-order valence-corrected chi connectivity index (χ0v) is 12.3. The Hall–Kier alpha value is -1.30. The molecule has 0 saturated carbocycles. The molecule has 0 aliphatic carbocycles. The van der Waals surface area contributed by atoms with Gasteiger partial charge in [0.2, 0.25) is 0 Å². The van der Waals surface area contributed by atoms with Crippen molar-refractivity contribution in [2.75, 3.05) is 24.7 Å².